The van der Waals surface area contributed by atoms with Gasteiger partial charge < -0.3 is 0 Å². The number of aryl methyl sites for hydroxylation is 1. The van der Waals surface area contributed by atoms with Crippen LogP contribution in [0.1, 0.15) is 11.4 Å². The maximum Gasteiger partial charge on any atom is 0.265 e. The van der Waals surface area contributed by atoms with Gasteiger partial charge in [0.1, 0.15) is 11.6 Å². The molecule has 0 saturated heterocycles. The van der Waals surface area contributed by atoms with Gasteiger partial charge >= 0.3 is 0 Å². The summed E-state index contributed by atoms with van der Waals surface area (Å²) in [5, 5.41) is 0.531. The second kappa shape index (κ2) is 5.85. The molecule has 0 radical (unpaired) electrons. The zero-order chi connectivity index (χ0) is 15.7. The number of nitrogens with zero attached hydrogens (tertiary/aromatic N) is 2. The van der Waals surface area contributed by atoms with Crippen LogP contribution < -0.4 is 5.56 Å². The van der Waals surface area contributed by atoms with Crippen LogP contribution in [0.15, 0.2) is 51.7 Å². The summed E-state index contributed by atoms with van der Waals surface area (Å²) in [6, 6.07) is 11.6. The monoisotopic (exact) mass is 358 g/mol. The third-order valence-electron chi connectivity index (χ3n) is 3.30. The van der Waals surface area contributed by atoms with E-state index in [1.165, 1.54) is 16.7 Å². The van der Waals surface area contributed by atoms with Crippen molar-refractivity contribution in [2.75, 3.05) is 0 Å². The quantitative estimate of drug-likeness (QED) is 0.686. The van der Waals surface area contributed by atoms with Gasteiger partial charge in [0.25, 0.3) is 5.56 Å². The Labute approximate surface area is 134 Å². The van der Waals surface area contributed by atoms with E-state index in [0.717, 1.165) is 4.47 Å². The lowest BCUT2D eigenvalue weighted by molar-refractivity contribution is 0.627. The maximum absolute atomic E-state index is 13.2. The van der Waals surface area contributed by atoms with E-state index >= 15 is 0 Å². The Hall–Kier alpha value is -2.27. The number of aromatic nitrogens is 2. The van der Waals surface area contributed by atoms with Gasteiger partial charge in [0, 0.05) is 10.7 Å². The third kappa shape index (κ3) is 2.85. The topological polar surface area (TPSA) is 34.9 Å². The van der Waals surface area contributed by atoms with Crippen LogP contribution in [0, 0.1) is 12.7 Å². The van der Waals surface area contributed by atoms with Gasteiger partial charge in [0.05, 0.1) is 10.9 Å². The highest BCUT2D eigenvalue weighted by molar-refractivity contribution is 9.10. The fourth-order valence-electron chi connectivity index (χ4n) is 2.23. The van der Waals surface area contributed by atoms with Crippen molar-refractivity contribution in [3.8, 4) is 0 Å². The van der Waals surface area contributed by atoms with Crippen LogP contribution in [-0.2, 0) is 0 Å². The molecule has 0 aliphatic carbocycles. The number of halogens is 2. The SMILES string of the molecule is Cc1nc2ccc(Br)cc2c(=O)n1/C=C/c1cccc(F)c1. The van der Waals surface area contributed by atoms with E-state index < -0.39 is 0 Å². The van der Waals surface area contributed by atoms with Crippen LogP contribution >= 0.6 is 15.9 Å². The van der Waals surface area contributed by atoms with Crippen LogP contribution in [0.2, 0.25) is 0 Å². The van der Waals surface area contributed by atoms with E-state index in [1.54, 1.807) is 43.5 Å². The van der Waals surface area contributed by atoms with Gasteiger partial charge in [-0.2, -0.15) is 0 Å². The summed E-state index contributed by atoms with van der Waals surface area (Å²) in [6.45, 7) is 1.76. The first-order valence-corrected chi connectivity index (χ1v) is 7.46. The average molecular weight is 359 g/mol. The number of hydrogen-bond donors (Lipinski definition) is 0. The molecule has 3 aromatic rings. The molecule has 110 valence electrons. The molecule has 5 heteroatoms. The Balaban J connectivity index is 2.12. The minimum absolute atomic E-state index is 0.156. The molecule has 0 unspecified atom stereocenters. The normalized spacial score (nSPS) is 11.4. The average Bonchev–Trinajstić information content (AvgIpc) is 2.48. The van der Waals surface area contributed by atoms with Crippen molar-refractivity contribution in [2.24, 2.45) is 0 Å². The molecule has 0 fully saturated rings. The smallest absolute Gasteiger partial charge is 0.265 e. The fourth-order valence-corrected chi connectivity index (χ4v) is 2.59. The molecule has 22 heavy (non-hydrogen) atoms. The number of benzene rings is 2. The molecule has 2 aromatic carbocycles. The second-order valence-electron chi connectivity index (χ2n) is 4.87. The zero-order valence-corrected chi connectivity index (χ0v) is 13.3. The minimum atomic E-state index is -0.313. The van der Waals surface area contributed by atoms with Crippen molar-refractivity contribution in [3.05, 3.63) is 74.5 Å². The molecule has 3 nitrogen and oxygen atoms in total. The largest absolute Gasteiger partial charge is 0.271 e. The summed E-state index contributed by atoms with van der Waals surface area (Å²) in [4.78, 5) is 17.0. The van der Waals surface area contributed by atoms with Gasteiger partial charge in [-0.1, -0.05) is 28.1 Å². The first kappa shape index (κ1) is 14.7. The van der Waals surface area contributed by atoms with Crippen LogP contribution in [0.25, 0.3) is 23.2 Å². The molecule has 0 saturated carbocycles. The van der Waals surface area contributed by atoms with Gasteiger partial charge in [0.15, 0.2) is 0 Å². The minimum Gasteiger partial charge on any atom is -0.271 e. The van der Waals surface area contributed by atoms with Crippen LogP contribution in [0.3, 0.4) is 0 Å². The van der Waals surface area contributed by atoms with Crippen molar-refractivity contribution >= 4 is 39.1 Å². The first-order valence-electron chi connectivity index (χ1n) is 6.67. The Kier molecular flexibility index (Phi) is 3.90. The summed E-state index contributed by atoms with van der Waals surface area (Å²) in [5.74, 6) is 0.263. The van der Waals surface area contributed by atoms with Gasteiger partial charge in [0.2, 0.25) is 0 Å². The molecular weight excluding hydrogens is 347 g/mol. The molecule has 1 aromatic heterocycles. The molecule has 0 spiro atoms. The standard InChI is InChI=1S/C17H12BrFN2O/c1-11-20-16-6-5-13(18)10-15(16)17(22)21(11)8-7-12-3-2-4-14(19)9-12/h2-10H,1H3/b8-7+. The third-order valence-corrected chi connectivity index (χ3v) is 3.80. The maximum atomic E-state index is 13.2. The van der Waals surface area contributed by atoms with Crippen LogP contribution in [0.4, 0.5) is 4.39 Å². The van der Waals surface area contributed by atoms with Gasteiger partial charge in [-0.25, -0.2) is 9.37 Å². The number of fused-ring (bicyclic) bond motifs is 1. The van der Waals surface area contributed by atoms with Gasteiger partial charge in [-0.3, -0.25) is 9.36 Å². The molecule has 1 heterocycles. The fraction of sp³-hybridized carbons (Fsp3) is 0.0588. The van der Waals surface area contributed by atoms with E-state index in [1.807, 2.05) is 6.07 Å². The molecule has 0 N–H and O–H groups in total. The molecule has 0 amide bonds. The van der Waals surface area contributed by atoms with Crippen molar-refractivity contribution in [2.45, 2.75) is 6.92 Å². The lowest BCUT2D eigenvalue weighted by Gasteiger charge is -2.06. The van der Waals surface area contributed by atoms with Gasteiger partial charge in [-0.15, -0.1) is 0 Å². The Bertz CT molecular complexity index is 947. The summed E-state index contributed by atoms with van der Waals surface area (Å²) in [5.41, 5.74) is 1.18. The Morgan fingerprint density at radius 1 is 1.23 bits per heavy atom. The molecule has 0 atom stereocenters. The highest BCUT2D eigenvalue weighted by Crippen LogP contribution is 2.16. The molecule has 0 aliphatic heterocycles. The van der Waals surface area contributed by atoms with E-state index in [4.69, 9.17) is 0 Å². The van der Waals surface area contributed by atoms with Crippen molar-refractivity contribution in [1.29, 1.82) is 0 Å². The van der Waals surface area contributed by atoms with E-state index in [-0.39, 0.29) is 11.4 Å². The Morgan fingerprint density at radius 3 is 2.82 bits per heavy atom. The van der Waals surface area contributed by atoms with E-state index in [2.05, 4.69) is 20.9 Å². The summed E-state index contributed by atoms with van der Waals surface area (Å²) in [7, 11) is 0. The van der Waals surface area contributed by atoms with Crippen molar-refractivity contribution < 1.29 is 4.39 Å². The van der Waals surface area contributed by atoms with Gasteiger partial charge in [-0.05, 0) is 48.9 Å². The molecule has 0 aliphatic rings. The summed E-state index contributed by atoms with van der Waals surface area (Å²) >= 11 is 3.36. The van der Waals surface area contributed by atoms with E-state index in [9.17, 15) is 9.18 Å². The van der Waals surface area contributed by atoms with Crippen molar-refractivity contribution in [1.82, 2.24) is 9.55 Å². The summed E-state index contributed by atoms with van der Waals surface area (Å²) in [6.07, 6.45) is 3.29. The second-order valence-corrected chi connectivity index (χ2v) is 5.78. The number of rotatable bonds is 2. The van der Waals surface area contributed by atoms with Crippen molar-refractivity contribution in [3.63, 3.8) is 0 Å². The highest BCUT2D eigenvalue weighted by atomic mass is 79.9. The number of hydrogen-bond acceptors (Lipinski definition) is 2. The lowest BCUT2D eigenvalue weighted by atomic mass is 10.2. The zero-order valence-electron chi connectivity index (χ0n) is 11.8. The first-order chi connectivity index (χ1) is 10.5. The molecule has 0 bridgehead atoms. The Morgan fingerprint density at radius 2 is 2.05 bits per heavy atom. The molecule has 3 rings (SSSR count). The van der Waals surface area contributed by atoms with Crippen LogP contribution in [0.5, 0.6) is 0 Å². The highest BCUT2D eigenvalue weighted by Gasteiger charge is 2.06. The lowest BCUT2D eigenvalue weighted by Crippen LogP contribution is -2.19. The predicted molar refractivity (Wildman–Crippen MR) is 90.1 cm³/mol. The summed E-state index contributed by atoms with van der Waals surface area (Å²) < 4.78 is 15.5. The van der Waals surface area contributed by atoms with E-state index in [0.29, 0.717) is 22.3 Å². The molecular formula is C17H12BrFN2O. The van der Waals surface area contributed by atoms with Crippen LogP contribution in [-0.4, -0.2) is 9.55 Å². The predicted octanol–water partition coefficient (Wildman–Crippen LogP) is 4.23.